The summed E-state index contributed by atoms with van der Waals surface area (Å²) < 4.78 is 5.05. The molecular weight excluding hydrogens is 240 g/mol. The smallest absolute Gasteiger partial charge is 0.208 e. The van der Waals surface area contributed by atoms with Crippen LogP contribution in [0, 0.1) is 5.92 Å². The number of guanidine groups is 1. The van der Waals surface area contributed by atoms with E-state index in [4.69, 9.17) is 10.6 Å². The minimum absolute atomic E-state index is 0.597. The highest BCUT2D eigenvalue weighted by Crippen LogP contribution is 2.24. The van der Waals surface area contributed by atoms with Crippen molar-refractivity contribution in [1.29, 1.82) is 0 Å². The van der Waals surface area contributed by atoms with Gasteiger partial charge in [0.25, 0.3) is 0 Å². The van der Waals surface area contributed by atoms with E-state index in [-0.39, 0.29) is 0 Å². The predicted octanol–water partition coefficient (Wildman–Crippen LogP) is 1.74. The van der Waals surface area contributed by atoms with Crippen LogP contribution < -0.4 is 11.3 Å². The molecule has 1 aliphatic carbocycles. The molecule has 1 aliphatic rings. The van der Waals surface area contributed by atoms with Crippen molar-refractivity contribution >= 4 is 5.96 Å². The van der Waals surface area contributed by atoms with Crippen molar-refractivity contribution in [3.8, 4) is 0 Å². The third-order valence-corrected chi connectivity index (χ3v) is 3.50. The molecule has 3 N–H and O–H groups in total. The number of aliphatic imine (C=N–C) groups is 1. The highest BCUT2D eigenvalue weighted by Gasteiger charge is 2.25. The van der Waals surface area contributed by atoms with E-state index in [0.717, 1.165) is 32.1 Å². The van der Waals surface area contributed by atoms with Crippen molar-refractivity contribution in [3.63, 3.8) is 0 Å². The lowest BCUT2D eigenvalue weighted by atomic mass is 10.1. The van der Waals surface area contributed by atoms with E-state index < -0.39 is 0 Å². The zero-order valence-corrected chi connectivity index (χ0v) is 12.7. The number of hydrazine groups is 1. The summed E-state index contributed by atoms with van der Waals surface area (Å²) in [6.07, 6.45) is 6.08. The van der Waals surface area contributed by atoms with Crippen molar-refractivity contribution in [2.75, 3.05) is 26.8 Å². The SMILES string of the molecule is COCCCN=C(NN)N(CC(C)C)C1CCCC1. The molecule has 1 fully saturated rings. The molecule has 0 spiro atoms. The number of hydrogen-bond donors (Lipinski definition) is 2. The van der Waals surface area contributed by atoms with Gasteiger partial charge in [-0.2, -0.15) is 0 Å². The molecular formula is C14H30N4O. The Hall–Kier alpha value is -0.810. The van der Waals surface area contributed by atoms with Gasteiger partial charge in [0.15, 0.2) is 0 Å². The predicted molar refractivity (Wildman–Crippen MR) is 79.9 cm³/mol. The number of nitrogens with two attached hydrogens (primary N) is 1. The second-order valence-corrected chi connectivity index (χ2v) is 5.68. The Balaban J connectivity index is 2.62. The summed E-state index contributed by atoms with van der Waals surface area (Å²) in [6.45, 7) is 6.99. The highest BCUT2D eigenvalue weighted by atomic mass is 16.5. The molecule has 0 radical (unpaired) electrons. The number of hydrogen-bond acceptors (Lipinski definition) is 3. The Kier molecular flexibility index (Phi) is 7.82. The molecule has 19 heavy (non-hydrogen) atoms. The zero-order chi connectivity index (χ0) is 14.1. The molecule has 0 amide bonds. The second kappa shape index (κ2) is 9.15. The van der Waals surface area contributed by atoms with Crippen LogP contribution in [0.5, 0.6) is 0 Å². The summed E-state index contributed by atoms with van der Waals surface area (Å²) in [5.74, 6) is 7.13. The Morgan fingerprint density at radius 2 is 2.11 bits per heavy atom. The van der Waals surface area contributed by atoms with Gasteiger partial charge in [-0.05, 0) is 25.2 Å². The van der Waals surface area contributed by atoms with Crippen LogP contribution in [-0.2, 0) is 4.74 Å². The van der Waals surface area contributed by atoms with Gasteiger partial charge >= 0.3 is 0 Å². The fourth-order valence-electron chi connectivity index (χ4n) is 2.63. The molecule has 0 aliphatic heterocycles. The molecule has 1 rings (SSSR count). The summed E-state index contributed by atoms with van der Waals surface area (Å²) in [5.41, 5.74) is 2.80. The third-order valence-electron chi connectivity index (χ3n) is 3.50. The maximum atomic E-state index is 5.68. The lowest BCUT2D eigenvalue weighted by Crippen LogP contribution is -2.50. The summed E-state index contributed by atoms with van der Waals surface area (Å²) >= 11 is 0. The van der Waals surface area contributed by atoms with Gasteiger partial charge in [-0.15, -0.1) is 0 Å². The van der Waals surface area contributed by atoms with Gasteiger partial charge in [0, 0.05) is 32.8 Å². The topological polar surface area (TPSA) is 62.9 Å². The normalized spacial score (nSPS) is 17.2. The van der Waals surface area contributed by atoms with E-state index in [2.05, 4.69) is 29.2 Å². The third kappa shape index (κ3) is 5.78. The van der Waals surface area contributed by atoms with E-state index in [1.807, 2.05) is 0 Å². The molecule has 0 atom stereocenters. The number of nitrogens with one attached hydrogen (secondary N) is 1. The Labute approximate surface area is 117 Å². The standard InChI is InChI=1S/C14H30N4O/c1-12(2)11-18(13-7-4-5-8-13)14(17-15)16-9-6-10-19-3/h12-13H,4-11,15H2,1-3H3,(H,16,17). The van der Waals surface area contributed by atoms with Crippen molar-refractivity contribution in [2.24, 2.45) is 16.8 Å². The summed E-state index contributed by atoms with van der Waals surface area (Å²) in [7, 11) is 1.72. The molecule has 5 heteroatoms. The van der Waals surface area contributed by atoms with Crippen LogP contribution in [0.4, 0.5) is 0 Å². The minimum atomic E-state index is 0.597. The minimum Gasteiger partial charge on any atom is -0.385 e. The van der Waals surface area contributed by atoms with E-state index in [1.54, 1.807) is 7.11 Å². The first-order chi connectivity index (χ1) is 9.19. The van der Waals surface area contributed by atoms with Gasteiger partial charge in [0.1, 0.15) is 0 Å². The van der Waals surface area contributed by atoms with Crippen LogP contribution in [0.25, 0.3) is 0 Å². The van der Waals surface area contributed by atoms with E-state index in [1.165, 1.54) is 25.7 Å². The van der Waals surface area contributed by atoms with Gasteiger partial charge in [-0.3, -0.25) is 10.4 Å². The van der Waals surface area contributed by atoms with Crippen LogP contribution in [0.1, 0.15) is 46.0 Å². The van der Waals surface area contributed by atoms with E-state index in [0.29, 0.717) is 12.0 Å². The number of methoxy groups -OCH3 is 1. The Bertz CT molecular complexity index is 262. The van der Waals surface area contributed by atoms with Crippen LogP contribution in [-0.4, -0.2) is 43.7 Å². The number of rotatable bonds is 7. The van der Waals surface area contributed by atoms with Crippen LogP contribution in [0.15, 0.2) is 4.99 Å². The average molecular weight is 270 g/mol. The van der Waals surface area contributed by atoms with Crippen molar-refractivity contribution in [3.05, 3.63) is 0 Å². The van der Waals surface area contributed by atoms with E-state index in [9.17, 15) is 0 Å². The molecule has 0 aromatic rings. The molecule has 5 nitrogen and oxygen atoms in total. The number of ether oxygens (including phenoxy) is 1. The quantitative estimate of drug-likeness (QED) is 0.243. The maximum Gasteiger partial charge on any atom is 0.208 e. The van der Waals surface area contributed by atoms with Gasteiger partial charge in [-0.25, -0.2) is 5.84 Å². The first-order valence-electron chi connectivity index (χ1n) is 7.45. The molecule has 1 saturated carbocycles. The van der Waals surface area contributed by atoms with Crippen LogP contribution in [0.3, 0.4) is 0 Å². The second-order valence-electron chi connectivity index (χ2n) is 5.68. The fourth-order valence-corrected chi connectivity index (χ4v) is 2.63. The average Bonchev–Trinajstić information content (AvgIpc) is 2.90. The highest BCUT2D eigenvalue weighted by molar-refractivity contribution is 5.79. The summed E-state index contributed by atoms with van der Waals surface area (Å²) in [4.78, 5) is 6.97. The molecule has 0 aromatic carbocycles. The van der Waals surface area contributed by atoms with Gasteiger partial charge in [0.05, 0.1) is 0 Å². The van der Waals surface area contributed by atoms with Crippen molar-refractivity contribution < 1.29 is 4.74 Å². The van der Waals surface area contributed by atoms with Crippen LogP contribution >= 0.6 is 0 Å². The largest absolute Gasteiger partial charge is 0.385 e. The Morgan fingerprint density at radius 3 is 2.63 bits per heavy atom. The van der Waals surface area contributed by atoms with Crippen molar-refractivity contribution in [2.45, 2.75) is 52.0 Å². The lowest BCUT2D eigenvalue weighted by molar-refractivity contribution is 0.196. The van der Waals surface area contributed by atoms with Gasteiger partial charge < -0.3 is 9.64 Å². The first-order valence-corrected chi connectivity index (χ1v) is 7.45. The number of nitrogens with zero attached hydrogens (tertiary/aromatic N) is 2. The molecule has 0 bridgehead atoms. The maximum absolute atomic E-state index is 5.68. The van der Waals surface area contributed by atoms with Crippen LogP contribution in [0.2, 0.25) is 0 Å². The van der Waals surface area contributed by atoms with Crippen molar-refractivity contribution in [1.82, 2.24) is 10.3 Å². The molecule has 0 unspecified atom stereocenters. The Morgan fingerprint density at radius 1 is 1.42 bits per heavy atom. The summed E-state index contributed by atoms with van der Waals surface area (Å²) in [6, 6.07) is 0.597. The monoisotopic (exact) mass is 270 g/mol. The van der Waals surface area contributed by atoms with Gasteiger partial charge in [0.2, 0.25) is 5.96 Å². The van der Waals surface area contributed by atoms with E-state index >= 15 is 0 Å². The fraction of sp³-hybridized carbons (Fsp3) is 0.929. The molecule has 0 heterocycles. The zero-order valence-electron chi connectivity index (χ0n) is 12.7. The molecule has 0 saturated heterocycles. The van der Waals surface area contributed by atoms with Gasteiger partial charge in [-0.1, -0.05) is 26.7 Å². The first kappa shape index (κ1) is 16.2. The molecule has 112 valence electrons. The summed E-state index contributed by atoms with van der Waals surface area (Å²) in [5, 5.41) is 0. The lowest BCUT2D eigenvalue weighted by Gasteiger charge is -2.33. The molecule has 0 aromatic heterocycles.